The SMILES string of the molecule is Cc1[nH]nc2cc(NC(=O)C3CCN(c4ccccc4Cl)C3)ccc12. The lowest BCUT2D eigenvalue weighted by molar-refractivity contribution is -0.119. The number of nitrogens with zero attached hydrogens (tertiary/aromatic N) is 2. The zero-order chi connectivity index (χ0) is 17.4. The van der Waals surface area contributed by atoms with Crippen molar-refractivity contribution in [2.45, 2.75) is 13.3 Å². The average Bonchev–Trinajstić information content (AvgIpc) is 3.23. The minimum absolute atomic E-state index is 0.0427. The van der Waals surface area contributed by atoms with Gasteiger partial charge in [0.25, 0.3) is 0 Å². The number of aromatic nitrogens is 2. The van der Waals surface area contributed by atoms with Crippen LogP contribution in [0.25, 0.3) is 10.9 Å². The molecule has 1 aliphatic heterocycles. The fraction of sp³-hybridized carbons (Fsp3) is 0.263. The number of aryl methyl sites for hydroxylation is 1. The van der Waals surface area contributed by atoms with Gasteiger partial charge in [-0.05, 0) is 43.7 Å². The number of H-pyrrole nitrogens is 1. The summed E-state index contributed by atoms with van der Waals surface area (Å²) in [5.41, 5.74) is 3.66. The maximum absolute atomic E-state index is 12.6. The van der Waals surface area contributed by atoms with Crippen molar-refractivity contribution >= 4 is 39.8 Å². The van der Waals surface area contributed by atoms with Crippen LogP contribution in [0.2, 0.25) is 5.02 Å². The van der Waals surface area contributed by atoms with Crippen LogP contribution in [0.15, 0.2) is 42.5 Å². The van der Waals surface area contributed by atoms with Gasteiger partial charge in [0.2, 0.25) is 5.91 Å². The number of para-hydroxylation sites is 1. The molecule has 0 saturated carbocycles. The molecular weight excluding hydrogens is 336 g/mol. The molecule has 0 radical (unpaired) electrons. The van der Waals surface area contributed by atoms with E-state index >= 15 is 0 Å². The van der Waals surface area contributed by atoms with Gasteiger partial charge in [0.05, 0.1) is 22.1 Å². The number of hydrogen-bond donors (Lipinski definition) is 2. The largest absolute Gasteiger partial charge is 0.370 e. The Balaban J connectivity index is 1.45. The minimum atomic E-state index is -0.0483. The minimum Gasteiger partial charge on any atom is -0.370 e. The average molecular weight is 355 g/mol. The molecule has 4 rings (SSSR count). The summed E-state index contributed by atoms with van der Waals surface area (Å²) in [6.45, 7) is 3.49. The van der Waals surface area contributed by atoms with E-state index in [-0.39, 0.29) is 11.8 Å². The highest BCUT2D eigenvalue weighted by atomic mass is 35.5. The predicted molar refractivity (Wildman–Crippen MR) is 101 cm³/mol. The number of aromatic amines is 1. The second-order valence-electron chi connectivity index (χ2n) is 6.45. The number of benzene rings is 2. The molecule has 2 heterocycles. The van der Waals surface area contributed by atoms with E-state index in [0.29, 0.717) is 6.54 Å². The summed E-state index contributed by atoms with van der Waals surface area (Å²) < 4.78 is 0. The first kappa shape index (κ1) is 16.0. The van der Waals surface area contributed by atoms with Gasteiger partial charge in [-0.25, -0.2) is 0 Å². The number of rotatable bonds is 3. The van der Waals surface area contributed by atoms with Gasteiger partial charge in [-0.15, -0.1) is 0 Å². The van der Waals surface area contributed by atoms with E-state index in [1.807, 2.05) is 49.4 Å². The van der Waals surface area contributed by atoms with Crippen molar-refractivity contribution in [2.75, 3.05) is 23.3 Å². The molecular formula is C19H19ClN4O. The van der Waals surface area contributed by atoms with Gasteiger partial charge in [0.1, 0.15) is 0 Å². The van der Waals surface area contributed by atoms with Crippen molar-refractivity contribution < 1.29 is 4.79 Å². The number of nitrogens with one attached hydrogen (secondary N) is 2. The maximum Gasteiger partial charge on any atom is 0.229 e. The Bertz CT molecular complexity index is 936. The predicted octanol–water partition coefficient (Wildman–Crippen LogP) is 3.99. The summed E-state index contributed by atoms with van der Waals surface area (Å²) in [5, 5.41) is 12.0. The molecule has 6 heteroatoms. The number of amides is 1. The van der Waals surface area contributed by atoms with Crippen molar-refractivity contribution in [3.63, 3.8) is 0 Å². The van der Waals surface area contributed by atoms with Crippen molar-refractivity contribution in [1.29, 1.82) is 0 Å². The molecule has 128 valence electrons. The normalized spacial score (nSPS) is 17.2. The Labute approximate surface area is 151 Å². The third-order valence-corrected chi connectivity index (χ3v) is 5.09. The fourth-order valence-electron chi connectivity index (χ4n) is 3.37. The molecule has 3 aromatic rings. The van der Waals surface area contributed by atoms with Crippen LogP contribution >= 0.6 is 11.6 Å². The molecule has 2 N–H and O–H groups in total. The Hall–Kier alpha value is -2.53. The van der Waals surface area contributed by atoms with Gasteiger partial charge in [0.15, 0.2) is 0 Å². The van der Waals surface area contributed by atoms with Gasteiger partial charge in [-0.2, -0.15) is 5.10 Å². The smallest absolute Gasteiger partial charge is 0.229 e. The summed E-state index contributed by atoms with van der Waals surface area (Å²) >= 11 is 6.27. The summed E-state index contributed by atoms with van der Waals surface area (Å²) in [7, 11) is 0. The molecule has 1 aliphatic rings. The highest BCUT2D eigenvalue weighted by molar-refractivity contribution is 6.33. The van der Waals surface area contributed by atoms with Crippen molar-refractivity contribution in [3.05, 3.63) is 53.2 Å². The summed E-state index contributed by atoms with van der Waals surface area (Å²) in [6, 6.07) is 13.6. The number of anilines is 2. The van der Waals surface area contributed by atoms with E-state index in [0.717, 1.165) is 46.0 Å². The van der Waals surface area contributed by atoms with Gasteiger partial charge in [-0.3, -0.25) is 9.89 Å². The van der Waals surface area contributed by atoms with Crippen LogP contribution in [0.1, 0.15) is 12.1 Å². The standard InChI is InChI=1S/C19H19ClN4O/c1-12-15-7-6-14(10-17(15)23-22-12)21-19(25)13-8-9-24(11-13)18-5-3-2-4-16(18)20/h2-7,10,13H,8-9,11H2,1H3,(H,21,25)(H,22,23). The van der Waals surface area contributed by atoms with Gasteiger partial charge < -0.3 is 10.2 Å². The lowest BCUT2D eigenvalue weighted by Crippen LogP contribution is -2.27. The quantitative estimate of drug-likeness (QED) is 0.747. The Morgan fingerprint density at radius 1 is 1.32 bits per heavy atom. The van der Waals surface area contributed by atoms with E-state index in [1.165, 1.54) is 0 Å². The number of carbonyl (C=O) groups is 1. The Kier molecular flexibility index (Phi) is 4.09. The molecule has 1 unspecified atom stereocenters. The second-order valence-corrected chi connectivity index (χ2v) is 6.86. The molecule has 0 spiro atoms. The van der Waals surface area contributed by atoms with E-state index in [1.54, 1.807) is 0 Å². The van der Waals surface area contributed by atoms with Gasteiger partial charge >= 0.3 is 0 Å². The molecule has 25 heavy (non-hydrogen) atoms. The molecule has 1 atom stereocenters. The van der Waals surface area contributed by atoms with Crippen LogP contribution in [-0.2, 0) is 4.79 Å². The first-order chi connectivity index (χ1) is 12.1. The number of carbonyl (C=O) groups excluding carboxylic acids is 1. The zero-order valence-electron chi connectivity index (χ0n) is 13.9. The summed E-state index contributed by atoms with van der Waals surface area (Å²) in [4.78, 5) is 14.8. The van der Waals surface area contributed by atoms with Crippen molar-refractivity contribution in [2.24, 2.45) is 5.92 Å². The van der Waals surface area contributed by atoms with E-state index in [4.69, 9.17) is 11.6 Å². The molecule has 1 fully saturated rings. The summed E-state index contributed by atoms with van der Waals surface area (Å²) in [6.07, 6.45) is 0.820. The highest BCUT2D eigenvalue weighted by Gasteiger charge is 2.29. The molecule has 2 aromatic carbocycles. The third kappa shape index (κ3) is 3.07. The lowest BCUT2D eigenvalue weighted by atomic mass is 10.1. The van der Waals surface area contributed by atoms with E-state index < -0.39 is 0 Å². The molecule has 5 nitrogen and oxygen atoms in total. The van der Waals surface area contributed by atoms with Crippen LogP contribution in [0, 0.1) is 12.8 Å². The van der Waals surface area contributed by atoms with Crippen LogP contribution in [-0.4, -0.2) is 29.2 Å². The van der Waals surface area contributed by atoms with Crippen LogP contribution in [0.4, 0.5) is 11.4 Å². The topological polar surface area (TPSA) is 61.0 Å². The van der Waals surface area contributed by atoms with E-state index in [9.17, 15) is 4.79 Å². The van der Waals surface area contributed by atoms with Gasteiger partial charge in [0, 0.05) is 29.9 Å². The number of hydrogen-bond acceptors (Lipinski definition) is 3. The van der Waals surface area contributed by atoms with Crippen LogP contribution in [0.5, 0.6) is 0 Å². The van der Waals surface area contributed by atoms with Crippen LogP contribution in [0.3, 0.4) is 0 Å². The monoisotopic (exact) mass is 354 g/mol. The molecule has 1 amide bonds. The van der Waals surface area contributed by atoms with E-state index in [2.05, 4.69) is 20.4 Å². The molecule has 1 aromatic heterocycles. The zero-order valence-corrected chi connectivity index (χ0v) is 14.7. The number of halogens is 1. The number of fused-ring (bicyclic) bond motifs is 1. The lowest BCUT2D eigenvalue weighted by Gasteiger charge is -2.19. The molecule has 0 bridgehead atoms. The van der Waals surface area contributed by atoms with Crippen LogP contribution < -0.4 is 10.2 Å². The second kappa shape index (κ2) is 6.41. The first-order valence-corrected chi connectivity index (χ1v) is 8.74. The summed E-state index contributed by atoms with van der Waals surface area (Å²) in [5.74, 6) is -0.00551. The first-order valence-electron chi connectivity index (χ1n) is 8.37. The fourth-order valence-corrected chi connectivity index (χ4v) is 3.62. The Morgan fingerprint density at radius 3 is 3.00 bits per heavy atom. The molecule has 1 saturated heterocycles. The maximum atomic E-state index is 12.6. The third-order valence-electron chi connectivity index (χ3n) is 4.77. The highest BCUT2D eigenvalue weighted by Crippen LogP contribution is 2.30. The van der Waals surface area contributed by atoms with Crippen molar-refractivity contribution in [1.82, 2.24) is 10.2 Å². The van der Waals surface area contributed by atoms with Crippen molar-refractivity contribution in [3.8, 4) is 0 Å². The van der Waals surface area contributed by atoms with Gasteiger partial charge in [-0.1, -0.05) is 23.7 Å². The Morgan fingerprint density at radius 2 is 2.16 bits per heavy atom. The molecule has 0 aliphatic carbocycles.